The van der Waals surface area contributed by atoms with Crippen molar-refractivity contribution in [2.24, 2.45) is 0 Å². The van der Waals surface area contributed by atoms with E-state index < -0.39 is 0 Å². The molecule has 1 saturated carbocycles. The molecule has 1 aromatic rings. The van der Waals surface area contributed by atoms with Gasteiger partial charge in [-0.1, -0.05) is 30.3 Å². The fourth-order valence-electron chi connectivity index (χ4n) is 2.31. The van der Waals surface area contributed by atoms with Crippen LogP contribution < -0.4 is 0 Å². The van der Waals surface area contributed by atoms with Gasteiger partial charge >= 0.3 is 5.97 Å². The summed E-state index contributed by atoms with van der Waals surface area (Å²) in [6, 6.07) is 10.5. The van der Waals surface area contributed by atoms with Crippen LogP contribution >= 0.6 is 0 Å². The Bertz CT molecular complexity index is 332. The summed E-state index contributed by atoms with van der Waals surface area (Å²) in [5.41, 5.74) is 1.37. The number of ether oxygens (including phenoxy) is 1. The molecule has 0 aromatic heterocycles. The number of hydrogen-bond donors (Lipinski definition) is 0. The van der Waals surface area contributed by atoms with E-state index in [-0.39, 0.29) is 12.1 Å². The highest BCUT2D eigenvalue weighted by Gasteiger charge is 2.27. The van der Waals surface area contributed by atoms with Crippen LogP contribution in [0.15, 0.2) is 30.3 Å². The summed E-state index contributed by atoms with van der Waals surface area (Å²) in [5.74, 6) is 0.407. The minimum Gasteiger partial charge on any atom is -0.463 e. The second-order valence-electron chi connectivity index (χ2n) is 4.15. The monoisotopic (exact) mass is 204 g/mol. The Morgan fingerprint density at radius 2 is 2.00 bits per heavy atom. The smallest absolute Gasteiger partial charge is 0.302 e. The highest BCUT2D eigenvalue weighted by Crippen LogP contribution is 2.35. The molecule has 0 aliphatic heterocycles. The first kappa shape index (κ1) is 10.2. The molecule has 2 rings (SSSR count). The molecule has 0 amide bonds. The molecule has 2 nitrogen and oxygen atoms in total. The maximum absolute atomic E-state index is 10.8. The number of carbonyl (C=O) groups excluding carboxylic acids is 1. The largest absolute Gasteiger partial charge is 0.463 e. The molecule has 0 N–H and O–H groups in total. The van der Waals surface area contributed by atoms with Crippen LogP contribution in [0, 0.1) is 0 Å². The Balaban J connectivity index is 1.96. The van der Waals surface area contributed by atoms with E-state index in [1.165, 1.54) is 12.5 Å². The van der Waals surface area contributed by atoms with E-state index in [2.05, 4.69) is 24.3 Å². The second-order valence-corrected chi connectivity index (χ2v) is 4.15. The molecule has 15 heavy (non-hydrogen) atoms. The van der Waals surface area contributed by atoms with Crippen LogP contribution in [0.4, 0.5) is 0 Å². The fourth-order valence-corrected chi connectivity index (χ4v) is 2.31. The van der Waals surface area contributed by atoms with E-state index >= 15 is 0 Å². The highest BCUT2D eigenvalue weighted by molar-refractivity contribution is 5.66. The zero-order valence-corrected chi connectivity index (χ0v) is 8.98. The molecular formula is C13H16O2. The maximum Gasteiger partial charge on any atom is 0.302 e. The number of carbonyl (C=O) groups is 1. The molecule has 2 heteroatoms. The van der Waals surface area contributed by atoms with Crippen molar-refractivity contribution in [1.29, 1.82) is 0 Å². The van der Waals surface area contributed by atoms with Crippen molar-refractivity contribution in [2.45, 2.75) is 38.2 Å². The van der Waals surface area contributed by atoms with Gasteiger partial charge in [-0.2, -0.15) is 0 Å². The van der Waals surface area contributed by atoms with Crippen LogP contribution in [0.25, 0.3) is 0 Å². The van der Waals surface area contributed by atoms with Crippen LogP contribution in [0.5, 0.6) is 0 Å². The Labute approximate surface area is 90.3 Å². The molecule has 0 radical (unpaired) electrons. The lowest BCUT2D eigenvalue weighted by Crippen LogP contribution is -2.12. The normalized spacial score (nSPS) is 25.1. The number of benzene rings is 1. The molecular weight excluding hydrogens is 188 g/mol. The molecule has 2 atom stereocenters. The first-order valence-electron chi connectivity index (χ1n) is 5.48. The summed E-state index contributed by atoms with van der Waals surface area (Å²) in [6.07, 6.45) is 3.23. The van der Waals surface area contributed by atoms with Gasteiger partial charge in [0, 0.05) is 6.92 Å². The lowest BCUT2D eigenvalue weighted by atomic mass is 9.98. The van der Waals surface area contributed by atoms with E-state index in [4.69, 9.17) is 4.74 Å². The number of rotatable bonds is 2. The summed E-state index contributed by atoms with van der Waals surface area (Å²) in [7, 11) is 0. The zero-order valence-electron chi connectivity index (χ0n) is 8.98. The quantitative estimate of drug-likeness (QED) is 0.692. The number of esters is 1. The lowest BCUT2D eigenvalue weighted by molar-refractivity contribution is -0.145. The summed E-state index contributed by atoms with van der Waals surface area (Å²) >= 11 is 0. The molecule has 80 valence electrons. The molecule has 1 aliphatic rings. The Kier molecular flexibility index (Phi) is 3.05. The summed E-state index contributed by atoms with van der Waals surface area (Å²) in [5, 5.41) is 0. The van der Waals surface area contributed by atoms with E-state index in [0.29, 0.717) is 5.92 Å². The van der Waals surface area contributed by atoms with Gasteiger partial charge in [0.25, 0.3) is 0 Å². The average Bonchev–Trinajstić information content (AvgIpc) is 2.67. The van der Waals surface area contributed by atoms with Gasteiger partial charge in [0.2, 0.25) is 0 Å². The van der Waals surface area contributed by atoms with Crippen molar-refractivity contribution >= 4 is 5.97 Å². The minimum absolute atomic E-state index is 0.132. The predicted octanol–water partition coefficient (Wildman–Crippen LogP) is 2.89. The molecule has 1 aliphatic carbocycles. The zero-order chi connectivity index (χ0) is 10.7. The van der Waals surface area contributed by atoms with Crippen LogP contribution in [-0.2, 0) is 9.53 Å². The van der Waals surface area contributed by atoms with Crippen LogP contribution in [-0.4, -0.2) is 12.1 Å². The van der Waals surface area contributed by atoms with E-state index in [0.717, 1.165) is 19.3 Å². The SMILES string of the molecule is CC(=O)O[C@@H]1CC[C@H](c2ccccc2)C1. The standard InChI is InChI=1S/C13H16O2/c1-10(14)15-13-8-7-12(9-13)11-5-3-2-4-6-11/h2-6,12-13H,7-9H2,1H3/t12-,13+/m0/s1. The van der Waals surface area contributed by atoms with Crippen LogP contribution in [0.1, 0.15) is 37.7 Å². The Morgan fingerprint density at radius 3 is 2.67 bits per heavy atom. The van der Waals surface area contributed by atoms with Gasteiger partial charge in [-0.3, -0.25) is 4.79 Å². The number of hydrogen-bond acceptors (Lipinski definition) is 2. The van der Waals surface area contributed by atoms with Gasteiger partial charge in [0.15, 0.2) is 0 Å². The second kappa shape index (κ2) is 4.47. The molecule has 1 aromatic carbocycles. The minimum atomic E-state index is -0.159. The first-order valence-corrected chi connectivity index (χ1v) is 5.48. The fraction of sp³-hybridized carbons (Fsp3) is 0.462. The Morgan fingerprint density at radius 1 is 1.27 bits per heavy atom. The van der Waals surface area contributed by atoms with Gasteiger partial charge in [-0.05, 0) is 30.7 Å². The first-order chi connectivity index (χ1) is 7.25. The van der Waals surface area contributed by atoms with Gasteiger partial charge in [-0.25, -0.2) is 0 Å². The molecule has 0 unspecified atom stereocenters. The molecule has 0 heterocycles. The van der Waals surface area contributed by atoms with E-state index in [9.17, 15) is 4.79 Å². The van der Waals surface area contributed by atoms with Gasteiger partial charge < -0.3 is 4.74 Å². The average molecular weight is 204 g/mol. The Hall–Kier alpha value is -1.31. The van der Waals surface area contributed by atoms with Crippen molar-refractivity contribution < 1.29 is 9.53 Å². The van der Waals surface area contributed by atoms with Crippen molar-refractivity contribution in [3.8, 4) is 0 Å². The van der Waals surface area contributed by atoms with Crippen molar-refractivity contribution in [2.75, 3.05) is 0 Å². The van der Waals surface area contributed by atoms with Crippen molar-refractivity contribution in [3.05, 3.63) is 35.9 Å². The molecule has 0 spiro atoms. The highest BCUT2D eigenvalue weighted by atomic mass is 16.5. The maximum atomic E-state index is 10.8. The third-order valence-corrected chi connectivity index (χ3v) is 2.99. The van der Waals surface area contributed by atoms with Gasteiger partial charge in [-0.15, -0.1) is 0 Å². The molecule has 0 bridgehead atoms. The summed E-state index contributed by atoms with van der Waals surface area (Å²) < 4.78 is 5.22. The van der Waals surface area contributed by atoms with Gasteiger partial charge in [0.05, 0.1) is 0 Å². The summed E-state index contributed by atoms with van der Waals surface area (Å²) in [4.78, 5) is 10.8. The van der Waals surface area contributed by atoms with Crippen molar-refractivity contribution in [1.82, 2.24) is 0 Å². The molecule has 0 saturated heterocycles. The van der Waals surface area contributed by atoms with Crippen LogP contribution in [0.3, 0.4) is 0 Å². The van der Waals surface area contributed by atoms with Crippen LogP contribution in [0.2, 0.25) is 0 Å². The summed E-state index contributed by atoms with van der Waals surface area (Å²) in [6.45, 7) is 1.48. The predicted molar refractivity (Wildman–Crippen MR) is 58.6 cm³/mol. The topological polar surface area (TPSA) is 26.3 Å². The van der Waals surface area contributed by atoms with Crippen molar-refractivity contribution in [3.63, 3.8) is 0 Å². The van der Waals surface area contributed by atoms with Gasteiger partial charge in [0.1, 0.15) is 6.10 Å². The third kappa shape index (κ3) is 2.58. The molecule has 1 fully saturated rings. The van der Waals surface area contributed by atoms with E-state index in [1.54, 1.807) is 0 Å². The van der Waals surface area contributed by atoms with E-state index in [1.807, 2.05) is 6.07 Å². The lowest BCUT2D eigenvalue weighted by Gasteiger charge is -2.11. The third-order valence-electron chi connectivity index (χ3n) is 2.99.